The van der Waals surface area contributed by atoms with Gasteiger partial charge in [-0.15, -0.1) is 0 Å². The number of benzene rings is 1. The molecule has 1 atom stereocenters. The Bertz CT molecular complexity index is 600. The number of ether oxygens (including phenoxy) is 2. The molecule has 0 unspecified atom stereocenters. The van der Waals surface area contributed by atoms with E-state index in [4.69, 9.17) is 9.47 Å². The first-order valence-electron chi connectivity index (χ1n) is 8.35. The Hall–Kier alpha value is -2.56. The average Bonchev–Trinajstić information content (AvgIpc) is 2.51. The predicted octanol–water partition coefficient (Wildman–Crippen LogP) is 3.80. The number of carbonyl (C=O) groups is 2. The van der Waals surface area contributed by atoms with E-state index in [1.165, 1.54) is 6.08 Å². The highest BCUT2D eigenvalue weighted by molar-refractivity contribution is 5.82. The van der Waals surface area contributed by atoms with Crippen LogP contribution in [0.25, 0.3) is 0 Å². The molecular formula is C20H27NO4. The van der Waals surface area contributed by atoms with Crippen molar-refractivity contribution in [3.63, 3.8) is 0 Å². The number of allylic oxidation sites excluding steroid dienone is 2. The molecule has 0 aliphatic carbocycles. The molecule has 0 aliphatic heterocycles. The summed E-state index contributed by atoms with van der Waals surface area (Å²) in [5.41, 5.74) is 0.525. The third kappa shape index (κ3) is 10.0. The Morgan fingerprint density at radius 1 is 1.16 bits per heavy atom. The van der Waals surface area contributed by atoms with E-state index in [2.05, 4.69) is 5.32 Å². The van der Waals surface area contributed by atoms with Gasteiger partial charge in [-0.25, -0.2) is 9.59 Å². The highest BCUT2D eigenvalue weighted by Gasteiger charge is 2.18. The molecule has 1 rings (SSSR count). The largest absolute Gasteiger partial charge is 0.463 e. The summed E-state index contributed by atoms with van der Waals surface area (Å²) >= 11 is 0. The minimum atomic E-state index is -0.561. The van der Waals surface area contributed by atoms with Gasteiger partial charge in [-0.1, -0.05) is 48.6 Å². The number of alkyl carbamates (subject to hydrolysis) is 1. The summed E-state index contributed by atoms with van der Waals surface area (Å²) in [7, 11) is 0. The van der Waals surface area contributed by atoms with Crippen molar-refractivity contribution in [1.82, 2.24) is 5.32 Å². The lowest BCUT2D eigenvalue weighted by atomic mass is 10.1. The first-order valence-corrected chi connectivity index (χ1v) is 8.35. The van der Waals surface area contributed by atoms with Gasteiger partial charge in [-0.3, -0.25) is 0 Å². The van der Waals surface area contributed by atoms with Gasteiger partial charge in [-0.2, -0.15) is 0 Å². The van der Waals surface area contributed by atoms with Gasteiger partial charge in [0, 0.05) is 6.08 Å². The van der Waals surface area contributed by atoms with Crippen LogP contribution in [0, 0.1) is 0 Å². The van der Waals surface area contributed by atoms with Crippen molar-refractivity contribution in [2.75, 3.05) is 6.61 Å². The molecule has 0 radical (unpaired) electrons. The Kier molecular flexibility index (Phi) is 8.47. The normalized spacial score (nSPS) is 13.0. The van der Waals surface area contributed by atoms with E-state index in [9.17, 15) is 9.59 Å². The van der Waals surface area contributed by atoms with Crippen LogP contribution >= 0.6 is 0 Å². The van der Waals surface area contributed by atoms with Crippen molar-refractivity contribution in [3.05, 3.63) is 60.2 Å². The molecule has 0 saturated carbocycles. The average molecular weight is 345 g/mol. The van der Waals surface area contributed by atoms with Gasteiger partial charge in [0.1, 0.15) is 5.60 Å². The summed E-state index contributed by atoms with van der Waals surface area (Å²) in [4.78, 5) is 23.3. The summed E-state index contributed by atoms with van der Waals surface area (Å²) in [5.74, 6) is -0.396. The Morgan fingerprint density at radius 2 is 1.84 bits per heavy atom. The molecule has 0 saturated heterocycles. The molecule has 1 aromatic carbocycles. The van der Waals surface area contributed by atoms with Crippen LogP contribution in [0.3, 0.4) is 0 Å². The lowest BCUT2D eigenvalue weighted by Gasteiger charge is -2.22. The van der Waals surface area contributed by atoms with Gasteiger partial charge >= 0.3 is 12.1 Å². The van der Waals surface area contributed by atoms with Crippen LogP contribution in [0.4, 0.5) is 4.79 Å². The zero-order chi connectivity index (χ0) is 18.7. The summed E-state index contributed by atoms with van der Waals surface area (Å²) in [6, 6.07) is 9.56. The van der Waals surface area contributed by atoms with Crippen LogP contribution in [0.1, 0.15) is 33.3 Å². The van der Waals surface area contributed by atoms with E-state index in [0.29, 0.717) is 13.0 Å². The molecule has 0 aromatic heterocycles. The number of hydrogen-bond donors (Lipinski definition) is 1. The second kappa shape index (κ2) is 10.3. The molecule has 5 nitrogen and oxygen atoms in total. The van der Waals surface area contributed by atoms with Crippen molar-refractivity contribution in [1.29, 1.82) is 0 Å². The lowest BCUT2D eigenvalue weighted by molar-refractivity contribution is -0.137. The lowest BCUT2D eigenvalue weighted by Crippen LogP contribution is -2.39. The SMILES string of the molecule is CCOC(=O)/C=C/C=C/[C@H](Cc1ccccc1)NC(=O)OC(C)(C)C. The summed E-state index contributed by atoms with van der Waals surface area (Å²) in [5, 5.41) is 2.84. The minimum Gasteiger partial charge on any atom is -0.463 e. The minimum absolute atomic E-state index is 0.260. The summed E-state index contributed by atoms with van der Waals surface area (Å²) < 4.78 is 10.1. The molecule has 1 N–H and O–H groups in total. The first kappa shape index (κ1) is 20.5. The molecule has 0 aliphatic rings. The summed E-state index contributed by atoms with van der Waals surface area (Å²) in [6.45, 7) is 7.54. The standard InChI is InChI=1S/C20H27NO4/c1-5-24-18(22)14-10-9-13-17(15-16-11-7-6-8-12-16)21-19(23)25-20(2,3)4/h6-14,17H,5,15H2,1-4H3,(H,21,23)/b13-9+,14-10+/t17-/m1/s1. The highest BCUT2D eigenvalue weighted by Crippen LogP contribution is 2.09. The fraction of sp³-hybridized carbons (Fsp3) is 0.400. The van der Waals surface area contributed by atoms with E-state index in [1.807, 2.05) is 57.2 Å². The molecule has 1 amide bonds. The molecule has 0 spiro atoms. The third-order valence-electron chi connectivity index (χ3n) is 2.97. The van der Waals surface area contributed by atoms with Crippen LogP contribution in [0.15, 0.2) is 54.6 Å². The second-order valence-corrected chi connectivity index (χ2v) is 6.44. The van der Waals surface area contributed by atoms with Gasteiger partial charge in [0.25, 0.3) is 0 Å². The Morgan fingerprint density at radius 3 is 2.44 bits per heavy atom. The van der Waals surface area contributed by atoms with Crippen LogP contribution in [0.2, 0.25) is 0 Å². The molecule has 136 valence electrons. The quantitative estimate of drug-likeness (QED) is 0.464. The zero-order valence-electron chi connectivity index (χ0n) is 15.3. The number of esters is 1. The Labute approximate surface area is 149 Å². The van der Waals surface area contributed by atoms with Crippen molar-refractivity contribution >= 4 is 12.1 Å². The van der Waals surface area contributed by atoms with Crippen molar-refractivity contribution in [2.24, 2.45) is 0 Å². The van der Waals surface area contributed by atoms with Crippen molar-refractivity contribution < 1.29 is 19.1 Å². The molecule has 25 heavy (non-hydrogen) atoms. The maximum absolute atomic E-state index is 12.0. The second-order valence-electron chi connectivity index (χ2n) is 6.44. The van der Waals surface area contributed by atoms with E-state index >= 15 is 0 Å². The van der Waals surface area contributed by atoms with Crippen LogP contribution in [0.5, 0.6) is 0 Å². The highest BCUT2D eigenvalue weighted by atomic mass is 16.6. The van der Waals surface area contributed by atoms with Crippen LogP contribution in [-0.2, 0) is 20.7 Å². The molecule has 5 heteroatoms. The Balaban J connectivity index is 2.73. The summed E-state index contributed by atoms with van der Waals surface area (Å²) in [6.07, 6.45) is 6.59. The van der Waals surface area contributed by atoms with E-state index < -0.39 is 17.7 Å². The molecule has 1 aromatic rings. The fourth-order valence-corrected chi connectivity index (χ4v) is 2.02. The van der Waals surface area contributed by atoms with Gasteiger partial charge in [0.2, 0.25) is 0 Å². The number of rotatable bonds is 7. The predicted molar refractivity (Wildman–Crippen MR) is 98.2 cm³/mol. The van der Waals surface area contributed by atoms with Crippen LogP contribution in [-0.4, -0.2) is 30.3 Å². The first-order chi connectivity index (χ1) is 11.8. The monoisotopic (exact) mass is 345 g/mol. The topological polar surface area (TPSA) is 64.6 Å². The van der Waals surface area contributed by atoms with E-state index in [1.54, 1.807) is 19.1 Å². The fourth-order valence-electron chi connectivity index (χ4n) is 2.02. The van der Waals surface area contributed by atoms with Gasteiger partial charge in [-0.05, 0) is 39.7 Å². The maximum Gasteiger partial charge on any atom is 0.408 e. The van der Waals surface area contributed by atoms with Gasteiger partial charge in [0.05, 0.1) is 12.6 Å². The van der Waals surface area contributed by atoms with E-state index in [0.717, 1.165) is 5.56 Å². The molecular weight excluding hydrogens is 318 g/mol. The third-order valence-corrected chi connectivity index (χ3v) is 2.97. The van der Waals surface area contributed by atoms with Gasteiger partial charge < -0.3 is 14.8 Å². The number of amides is 1. The number of carbonyl (C=O) groups excluding carboxylic acids is 2. The van der Waals surface area contributed by atoms with Crippen molar-refractivity contribution in [2.45, 2.75) is 45.8 Å². The zero-order valence-corrected chi connectivity index (χ0v) is 15.3. The molecule has 0 fully saturated rings. The molecule has 0 bridgehead atoms. The van der Waals surface area contributed by atoms with Crippen molar-refractivity contribution in [3.8, 4) is 0 Å². The maximum atomic E-state index is 12.0. The van der Waals surface area contributed by atoms with Crippen LogP contribution < -0.4 is 5.32 Å². The van der Waals surface area contributed by atoms with E-state index in [-0.39, 0.29) is 6.04 Å². The smallest absolute Gasteiger partial charge is 0.408 e. The van der Waals surface area contributed by atoms with Gasteiger partial charge in [0.15, 0.2) is 0 Å². The number of hydrogen-bond acceptors (Lipinski definition) is 4. The number of nitrogens with one attached hydrogen (secondary N) is 1. The molecule has 0 heterocycles.